The number of ether oxygens (including phenoxy) is 4. The number of rotatable bonds is 9. The molecule has 0 heterocycles. The Labute approximate surface area is 165 Å². The summed E-state index contributed by atoms with van der Waals surface area (Å²) in [4.78, 5) is 11.0. The van der Waals surface area contributed by atoms with Crippen LogP contribution >= 0.6 is 0 Å². The molecular weight excluding hydrogens is 360 g/mol. The zero-order valence-corrected chi connectivity index (χ0v) is 16.7. The molecular formula is C21H26N2O5. The second-order valence-corrected chi connectivity index (χ2v) is 6.15. The van der Waals surface area contributed by atoms with E-state index >= 15 is 0 Å². The minimum Gasteiger partial charge on any atom is -0.493 e. The first kappa shape index (κ1) is 21.1. The van der Waals surface area contributed by atoms with Crippen molar-refractivity contribution in [1.29, 1.82) is 0 Å². The highest BCUT2D eigenvalue weighted by molar-refractivity contribution is 5.82. The van der Waals surface area contributed by atoms with Gasteiger partial charge in [0.15, 0.2) is 11.5 Å². The number of hydrogen-bond acceptors (Lipinski definition) is 6. The fraction of sp³-hybridized carbons (Fsp3) is 0.333. The van der Waals surface area contributed by atoms with Crippen LogP contribution in [0, 0.1) is 13.8 Å². The molecule has 0 aliphatic heterocycles. The molecule has 0 fully saturated rings. The Balaban J connectivity index is 1.82. The molecule has 0 atom stereocenters. The van der Waals surface area contributed by atoms with Crippen LogP contribution in [-0.4, -0.2) is 39.7 Å². The van der Waals surface area contributed by atoms with Gasteiger partial charge in [0.05, 0.1) is 33.6 Å². The van der Waals surface area contributed by atoms with Gasteiger partial charge in [-0.1, -0.05) is 6.07 Å². The highest BCUT2D eigenvalue weighted by atomic mass is 16.5. The average molecular weight is 386 g/mol. The molecule has 0 bridgehead atoms. The van der Waals surface area contributed by atoms with Gasteiger partial charge in [0.2, 0.25) is 0 Å². The van der Waals surface area contributed by atoms with Crippen LogP contribution in [-0.2, 0) is 4.74 Å². The summed E-state index contributed by atoms with van der Waals surface area (Å²) in [6, 6.07) is 11.5. The number of methoxy groups -OCH3 is 2. The van der Waals surface area contributed by atoms with E-state index in [4.69, 9.17) is 14.2 Å². The number of carbonyl (C=O) groups excluding carboxylic acids is 1. The molecule has 0 aliphatic rings. The third kappa shape index (κ3) is 6.83. The molecule has 7 nitrogen and oxygen atoms in total. The van der Waals surface area contributed by atoms with E-state index in [0.717, 1.165) is 17.7 Å². The minimum atomic E-state index is -0.633. The van der Waals surface area contributed by atoms with E-state index in [1.54, 1.807) is 19.2 Å². The summed E-state index contributed by atoms with van der Waals surface area (Å²) in [6.45, 7) is 5.16. The van der Waals surface area contributed by atoms with Crippen LogP contribution in [0.1, 0.15) is 23.1 Å². The van der Waals surface area contributed by atoms with E-state index in [2.05, 4.69) is 35.2 Å². The van der Waals surface area contributed by atoms with E-state index in [1.807, 2.05) is 18.2 Å². The third-order valence-corrected chi connectivity index (χ3v) is 3.75. The predicted molar refractivity (Wildman–Crippen MR) is 108 cm³/mol. The molecule has 2 aromatic carbocycles. The molecule has 0 spiro atoms. The maximum absolute atomic E-state index is 11.0. The molecule has 0 aromatic heterocycles. The van der Waals surface area contributed by atoms with E-state index < -0.39 is 6.09 Å². The number of hydrogen-bond donors (Lipinski definition) is 1. The van der Waals surface area contributed by atoms with Crippen LogP contribution in [0.3, 0.4) is 0 Å². The Morgan fingerprint density at radius 2 is 1.71 bits per heavy atom. The molecule has 0 saturated carbocycles. The molecule has 0 aliphatic carbocycles. The Bertz CT molecular complexity index is 800. The van der Waals surface area contributed by atoms with Crippen molar-refractivity contribution in [3.63, 3.8) is 0 Å². The normalized spacial score (nSPS) is 10.6. The summed E-state index contributed by atoms with van der Waals surface area (Å²) >= 11 is 0. The first-order valence-electron chi connectivity index (χ1n) is 8.91. The number of aryl methyl sites for hydroxylation is 2. The number of amides is 1. The second-order valence-electron chi connectivity index (χ2n) is 6.15. The van der Waals surface area contributed by atoms with Crippen LogP contribution < -0.4 is 19.6 Å². The van der Waals surface area contributed by atoms with Gasteiger partial charge in [0.1, 0.15) is 5.75 Å². The van der Waals surface area contributed by atoms with Crippen LogP contribution in [0.15, 0.2) is 41.5 Å². The van der Waals surface area contributed by atoms with Gasteiger partial charge < -0.3 is 18.9 Å². The first-order valence-corrected chi connectivity index (χ1v) is 8.91. The fourth-order valence-corrected chi connectivity index (χ4v) is 2.54. The summed E-state index contributed by atoms with van der Waals surface area (Å²) in [5, 5.41) is 3.78. The molecule has 28 heavy (non-hydrogen) atoms. The average Bonchev–Trinajstić information content (AvgIpc) is 2.67. The highest BCUT2D eigenvalue weighted by Gasteiger charge is 2.06. The Morgan fingerprint density at radius 3 is 2.39 bits per heavy atom. The largest absolute Gasteiger partial charge is 0.493 e. The molecule has 0 radical (unpaired) electrons. The Kier molecular flexibility index (Phi) is 8.14. The molecule has 150 valence electrons. The van der Waals surface area contributed by atoms with Crippen molar-refractivity contribution in [2.75, 3.05) is 27.4 Å². The first-order chi connectivity index (χ1) is 13.5. The van der Waals surface area contributed by atoms with Crippen molar-refractivity contribution in [3.8, 4) is 17.2 Å². The van der Waals surface area contributed by atoms with Crippen LogP contribution in [0.5, 0.6) is 17.2 Å². The summed E-state index contributed by atoms with van der Waals surface area (Å²) in [5.74, 6) is 2.09. The van der Waals surface area contributed by atoms with Gasteiger partial charge >= 0.3 is 6.09 Å². The molecule has 2 aromatic rings. The summed E-state index contributed by atoms with van der Waals surface area (Å²) in [7, 11) is 2.84. The summed E-state index contributed by atoms with van der Waals surface area (Å²) in [6.07, 6.45) is 1.59. The summed E-state index contributed by atoms with van der Waals surface area (Å²) < 4.78 is 21.4. The van der Waals surface area contributed by atoms with Gasteiger partial charge in [-0.3, -0.25) is 0 Å². The predicted octanol–water partition coefficient (Wildman–Crippen LogP) is 3.85. The Morgan fingerprint density at radius 1 is 1.00 bits per heavy atom. The van der Waals surface area contributed by atoms with Crippen molar-refractivity contribution in [2.24, 2.45) is 5.10 Å². The number of hydrazone groups is 1. The van der Waals surface area contributed by atoms with Crippen molar-refractivity contribution in [2.45, 2.75) is 20.3 Å². The molecule has 0 unspecified atom stereocenters. The van der Waals surface area contributed by atoms with Crippen molar-refractivity contribution >= 4 is 12.3 Å². The number of carbonyl (C=O) groups is 1. The number of benzene rings is 2. The maximum Gasteiger partial charge on any atom is 0.427 e. The third-order valence-electron chi connectivity index (χ3n) is 3.75. The smallest absolute Gasteiger partial charge is 0.427 e. The van der Waals surface area contributed by atoms with Crippen molar-refractivity contribution in [3.05, 3.63) is 53.1 Å². The lowest BCUT2D eigenvalue weighted by Crippen LogP contribution is -2.16. The zero-order chi connectivity index (χ0) is 20.4. The monoisotopic (exact) mass is 386 g/mol. The van der Waals surface area contributed by atoms with Crippen molar-refractivity contribution < 1.29 is 23.7 Å². The molecule has 1 N–H and O–H groups in total. The molecule has 7 heteroatoms. The zero-order valence-electron chi connectivity index (χ0n) is 16.7. The second kappa shape index (κ2) is 10.8. The lowest BCUT2D eigenvalue weighted by atomic mass is 10.1. The van der Waals surface area contributed by atoms with Crippen LogP contribution in [0.4, 0.5) is 4.79 Å². The van der Waals surface area contributed by atoms with E-state index in [9.17, 15) is 4.79 Å². The van der Waals surface area contributed by atoms with Gasteiger partial charge in [-0.25, -0.2) is 10.2 Å². The fourth-order valence-electron chi connectivity index (χ4n) is 2.54. The van der Waals surface area contributed by atoms with Crippen LogP contribution in [0.2, 0.25) is 0 Å². The maximum atomic E-state index is 11.0. The van der Waals surface area contributed by atoms with E-state index in [1.165, 1.54) is 24.5 Å². The van der Waals surface area contributed by atoms with Gasteiger partial charge in [-0.2, -0.15) is 5.10 Å². The summed E-state index contributed by atoms with van der Waals surface area (Å²) in [5.41, 5.74) is 5.34. The lowest BCUT2D eigenvalue weighted by molar-refractivity contribution is 0.171. The number of nitrogens with zero attached hydrogens (tertiary/aromatic N) is 1. The minimum absolute atomic E-state index is 0.499. The molecule has 0 saturated heterocycles. The molecule has 2 rings (SSSR count). The standard InChI is InChI=1S/C21H26N2O5/c1-15-10-16(2)12-18(11-15)27-8-5-9-28-19-7-6-17(13-20(19)25-3)14-22-23-21(24)26-4/h6-7,10-14H,5,8-9H2,1-4H3,(H,23,24)/b22-14+. The molecule has 1 amide bonds. The topological polar surface area (TPSA) is 78.4 Å². The van der Waals surface area contributed by atoms with Gasteiger partial charge in [0.25, 0.3) is 0 Å². The highest BCUT2D eigenvalue weighted by Crippen LogP contribution is 2.27. The Hall–Kier alpha value is -3.22. The lowest BCUT2D eigenvalue weighted by Gasteiger charge is -2.12. The SMILES string of the molecule is COC(=O)N/N=C/c1ccc(OCCCOc2cc(C)cc(C)c2)c(OC)c1. The van der Waals surface area contributed by atoms with E-state index in [0.29, 0.717) is 24.7 Å². The number of nitrogens with one attached hydrogen (secondary N) is 1. The quantitative estimate of drug-likeness (QED) is 0.402. The van der Waals surface area contributed by atoms with E-state index in [-0.39, 0.29) is 0 Å². The van der Waals surface area contributed by atoms with Gasteiger partial charge in [0, 0.05) is 6.42 Å². The van der Waals surface area contributed by atoms with Gasteiger partial charge in [-0.15, -0.1) is 0 Å². The van der Waals surface area contributed by atoms with Crippen molar-refractivity contribution in [1.82, 2.24) is 5.43 Å². The van der Waals surface area contributed by atoms with Crippen LogP contribution in [0.25, 0.3) is 0 Å². The van der Waals surface area contributed by atoms with Gasteiger partial charge in [-0.05, 0) is 60.9 Å².